The van der Waals surface area contributed by atoms with Crippen molar-refractivity contribution in [1.82, 2.24) is 9.80 Å². The van der Waals surface area contributed by atoms with E-state index in [1.807, 2.05) is 0 Å². The first-order valence-corrected chi connectivity index (χ1v) is 9.75. The first kappa shape index (κ1) is 16.5. The third-order valence-corrected chi connectivity index (χ3v) is 7.07. The predicted molar refractivity (Wildman–Crippen MR) is 94.9 cm³/mol. The summed E-state index contributed by atoms with van der Waals surface area (Å²) < 4.78 is 0. The Balaban J connectivity index is 1.81. The van der Waals surface area contributed by atoms with Gasteiger partial charge in [-0.2, -0.15) is 0 Å². The zero-order valence-corrected chi connectivity index (χ0v) is 15.3. The monoisotopic (exact) mass is 304 g/mol. The van der Waals surface area contributed by atoms with E-state index in [-0.39, 0.29) is 0 Å². The fraction of sp³-hybridized carbons (Fsp3) is 0.900. The molecule has 0 aromatic rings. The van der Waals surface area contributed by atoms with Crippen molar-refractivity contribution in [2.24, 2.45) is 35.5 Å². The van der Waals surface area contributed by atoms with Crippen LogP contribution in [-0.2, 0) is 0 Å². The summed E-state index contributed by atoms with van der Waals surface area (Å²) in [6.45, 7) is 18.3. The minimum Gasteiger partial charge on any atom is -0.303 e. The molecule has 1 heterocycles. The number of allylic oxidation sites excluding steroid dienone is 2. The van der Waals surface area contributed by atoms with Crippen molar-refractivity contribution in [3.63, 3.8) is 0 Å². The first-order chi connectivity index (χ1) is 10.6. The van der Waals surface area contributed by atoms with Gasteiger partial charge in [0.2, 0.25) is 0 Å². The number of fused-ring (bicyclic) bond motifs is 1. The van der Waals surface area contributed by atoms with Gasteiger partial charge in [-0.15, -0.1) is 0 Å². The molecule has 126 valence electrons. The van der Waals surface area contributed by atoms with Crippen molar-refractivity contribution >= 4 is 0 Å². The highest BCUT2D eigenvalue weighted by molar-refractivity contribution is 5.17. The Morgan fingerprint density at radius 3 is 2.05 bits per heavy atom. The molecule has 2 fully saturated rings. The van der Waals surface area contributed by atoms with Crippen LogP contribution < -0.4 is 0 Å². The summed E-state index contributed by atoms with van der Waals surface area (Å²) in [6.07, 6.45) is 6.60. The van der Waals surface area contributed by atoms with E-state index in [0.29, 0.717) is 6.04 Å². The molecule has 0 spiro atoms. The SMILES string of the molecule is CCC1C2C=CC(C3CN(CC)CC23)C1CN(CC)C(C)C. The summed E-state index contributed by atoms with van der Waals surface area (Å²) in [5, 5.41) is 0. The average Bonchev–Trinajstić information content (AvgIpc) is 2.97. The van der Waals surface area contributed by atoms with Crippen molar-refractivity contribution in [3.8, 4) is 0 Å². The van der Waals surface area contributed by atoms with Gasteiger partial charge in [0.15, 0.2) is 0 Å². The highest BCUT2D eigenvalue weighted by Crippen LogP contribution is 2.55. The molecule has 2 heteroatoms. The van der Waals surface area contributed by atoms with Gasteiger partial charge in [0.05, 0.1) is 0 Å². The van der Waals surface area contributed by atoms with Crippen LogP contribution in [0.3, 0.4) is 0 Å². The number of hydrogen-bond donors (Lipinski definition) is 0. The molecule has 2 nitrogen and oxygen atoms in total. The quantitative estimate of drug-likeness (QED) is 0.690. The Kier molecular flexibility index (Phi) is 4.99. The van der Waals surface area contributed by atoms with Crippen LogP contribution in [0.25, 0.3) is 0 Å². The zero-order valence-electron chi connectivity index (χ0n) is 15.3. The largest absolute Gasteiger partial charge is 0.303 e. The summed E-state index contributed by atoms with van der Waals surface area (Å²) in [5.41, 5.74) is 0. The molecule has 4 rings (SSSR count). The van der Waals surface area contributed by atoms with Crippen LogP contribution in [0.5, 0.6) is 0 Å². The van der Waals surface area contributed by atoms with Crippen molar-refractivity contribution < 1.29 is 0 Å². The second kappa shape index (κ2) is 6.65. The van der Waals surface area contributed by atoms with Crippen LogP contribution in [0.1, 0.15) is 41.0 Å². The first-order valence-electron chi connectivity index (χ1n) is 9.75. The van der Waals surface area contributed by atoms with E-state index in [1.54, 1.807) is 0 Å². The summed E-state index contributed by atoms with van der Waals surface area (Å²) in [4.78, 5) is 5.40. The molecule has 1 saturated carbocycles. The minimum absolute atomic E-state index is 0.679. The lowest BCUT2D eigenvalue weighted by Gasteiger charge is -2.53. The van der Waals surface area contributed by atoms with Crippen LogP contribution >= 0.6 is 0 Å². The molecule has 0 amide bonds. The van der Waals surface area contributed by atoms with E-state index in [4.69, 9.17) is 0 Å². The molecule has 1 aliphatic heterocycles. The summed E-state index contributed by atoms with van der Waals surface area (Å²) in [6, 6.07) is 0.679. The molecule has 4 aliphatic rings. The van der Waals surface area contributed by atoms with Gasteiger partial charge < -0.3 is 9.80 Å². The number of hydrogen-bond acceptors (Lipinski definition) is 2. The summed E-state index contributed by atoms with van der Waals surface area (Å²) >= 11 is 0. The predicted octanol–water partition coefficient (Wildman–Crippen LogP) is 3.74. The molecular weight excluding hydrogens is 268 g/mol. The van der Waals surface area contributed by atoms with Crippen LogP contribution in [-0.4, -0.2) is 48.6 Å². The maximum Gasteiger partial charge on any atom is 0.00385 e. The van der Waals surface area contributed by atoms with E-state index in [0.717, 1.165) is 35.5 Å². The Morgan fingerprint density at radius 1 is 1.00 bits per heavy atom. The van der Waals surface area contributed by atoms with Gasteiger partial charge in [0.25, 0.3) is 0 Å². The minimum atomic E-state index is 0.679. The van der Waals surface area contributed by atoms with Gasteiger partial charge in [-0.05, 0) is 62.4 Å². The second-order valence-corrected chi connectivity index (χ2v) is 8.14. The molecule has 22 heavy (non-hydrogen) atoms. The molecular formula is C20H36N2. The average molecular weight is 305 g/mol. The molecule has 0 radical (unpaired) electrons. The fourth-order valence-electron chi connectivity index (χ4n) is 5.86. The van der Waals surface area contributed by atoms with Gasteiger partial charge in [-0.3, -0.25) is 0 Å². The summed E-state index contributed by atoms with van der Waals surface area (Å²) in [7, 11) is 0. The zero-order chi connectivity index (χ0) is 15.9. The molecule has 2 bridgehead atoms. The number of likely N-dealkylation sites (tertiary alicyclic amines) is 1. The second-order valence-electron chi connectivity index (χ2n) is 8.14. The highest BCUT2D eigenvalue weighted by atomic mass is 15.2. The van der Waals surface area contributed by atoms with Gasteiger partial charge in [0.1, 0.15) is 0 Å². The highest BCUT2D eigenvalue weighted by Gasteiger charge is 2.53. The lowest BCUT2D eigenvalue weighted by atomic mass is 9.53. The van der Waals surface area contributed by atoms with Crippen LogP contribution in [0, 0.1) is 35.5 Å². The Morgan fingerprint density at radius 2 is 1.59 bits per heavy atom. The maximum atomic E-state index is 2.71. The summed E-state index contributed by atoms with van der Waals surface area (Å²) in [5.74, 6) is 5.39. The maximum absolute atomic E-state index is 2.71. The molecule has 0 N–H and O–H groups in total. The van der Waals surface area contributed by atoms with Gasteiger partial charge in [-0.1, -0.05) is 39.3 Å². The van der Waals surface area contributed by atoms with Crippen molar-refractivity contribution in [1.29, 1.82) is 0 Å². The fourth-order valence-corrected chi connectivity index (χ4v) is 5.86. The lowest BCUT2D eigenvalue weighted by Crippen LogP contribution is -2.52. The van der Waals surface area contributed by atoms with E-state index < -0.39 is 0 Å². The molecule has 3 aliphatic carbocycles. The third-order valence-electron chi connectivity index (χ3n) is 7.07. The molecule has 6 unspecified atom stereocenters. The van der Waals surface area contributed by atoms with E-state index in [9.17, 15) is 0 Å². The van der Waals surface area contributed by atoms with E-state index in [2.05, 4.69) is 56.6 Å². The molecule has 6 atom stereocenters. The smallest absolute Gasteiger partial charge is 0.00385 e. The molecule has 0 aromatic carbocycles. The lowest BCUT2D eigenvalue weighted by molar-refractivity contribution is 0.00511. The normalized spacial score (nSPS) is 40.9. The van der Waals surface area contributed by atoms with Crippen LogP contribution in [0.4, 0.5) is 0 Å². The number of rotatable bonds is 6. The van der Waals surface area contributed by atoms with Gasteiger partial charge in [0, 0.05) is 25.7 Å². The number of nitrogens with zero attached hydrogens (tertiary/aromatic N) is 2. The molecule has 1 saturated heterocycles. The van der Waals surface area contributed by atoms with Crippen LogP contribution in [0.15, 0.2) is 12.2 Å². The topological polar surface area (TPSA) is 6.48 Å². The van der Waals surface area contributed by atoms with Gasteiger partial charge >= 0.3 is 0 Å². The Bertz CT molecular complexity index is 403. The standard InChI is InChI=1S/C20H36N2/c1-6-15-16-9-10-17(19-12-21(7-2)11-18(16)19)20(15)13-22(8-3)14(4)5/h9-10,14-20H,6-8,11-13H2,1-5H3. The van der Waals surface area contributed by atoms with Crippen LogP contribution in [0.2, 0.25) is 0 Å². The van der Waals surface area contributed by atoms with Crippen molar-refractivity contribution in [3.05, 3.63) is 12.2 Å². The Hall–Kier alpha value is -0.340. The van der Waals surface area contributed by atoms with Gasteiger partial charge in [-0.25, -0.2) is 0 Å². The van der Waals surface area contributed by atoms with E-state index >= 15 is 0 Å². The molecule has 0 aromatic heterocycles. The Labute approximate surface area is 137 Å². The van der Waals surface area contributed by atoms with Crippen molar-refractivity contribution in [2.45, 2.75) is 47.1 Å². The van der Waals surface area contributed by atoms with E-state index in [1.165, 1.54) is 39.1 Å². The third kappa shape index (κ3) is 2.67. The van der Waals surface area contributed by atoms with Crippen molar-refractivity contribution in [2.75, 3.05) is 32.7 Å².